The second kappa shape index (κ2) is 7.47. The molecule has 2 aromatic rings. The number of hydrogen-bond acceptors (Lipinski definition) is 2. The smallest absolute Gasteiger partial charge is 0.222 e. The molecule has 4 heteroatoms. The van der Waals surface area contributed by atoms with Crippen LogP contribution in [-0.2, 0) is 11.2 Å². The number of likely N-dealkylation sites (tertiary alicyclic amines) is 1. The fourth-order valence-electron chi connectivity index (χ4n) is 3.31. The molecule has 1 amide bonds. The van der Waals surface area contributed by atoms with Gasteiger partial charge in [-0.2, -0.15) is 0 Å². The molecular weight excluding hydrogens is 305 g/mol. The van der Waals surface area contributed by atoms with E-state index in [-0.39, 0.29) is 17.5 Å². The fourth-order valence-corrected chi connectivity index (χ4v) is 3.31. The highest BCUT2D eigenvalue weighted by molar-refractivity contribution is 5.76. The molecule has 1 saturated heterocycles. The van der Waals surface area contributed by atoms with Crippen molar-refractivity contribution in [2.24, 2.45) is 0 Å². The molecule has 1 heterocycles. The molecule has 0 aromatic heterocycles. The lowest BCUT2D eigenvalue weighted by Crippen LogP contribution is -2.38. The van der Waals surface area contributed by atoms with Crippen LogP contribution in [-0.4, -0.2) is 29.0 Å². The number of piperidine rings is 1. The van der Waals surface area contributed by atoms with Gasteiger partial charge in [0.05, 0.1) is 0 Å². The molecule has 0 saturated carbocycles. The Hall–Kier alpha value is -2.36. The summed E-state index contributed by atoms with van der Waals surface area (Å²) in [5, 5.41) is 9.36. The molecule has 0 radical (unpaired) electrons. The van der Waals surface area contributed by atoms with Gasteiger partial charge in [0.1, 0.15) is 11.6 Å². The van der Waals surface area contributed by atoms with Crippen LogP contribution in [0.25, 0.3) is 0 Å². The van der Waals surface area contributed by atoms with Crippen LogP contribution < -0.4 is 0 Å². The lowest BCUT2D eigenvalue weighted by molar-refractivity contribution is -0.132. The van der Waals surface area contributed by atoms with Crippen molar-refractivity contribution in [1.29, 1.82) is 0 Å². The number of rotatable bonds is 4. The summed E-state index contributed by atoms with van der Waals surface area (Å²) in [4.78, 5) is 14.3. The summed E-state index contributed by atoms with van der Waals surface area (Å²) in [6, 6.07) is 13.8. The Kier molecular flexibility index (Phi) is 5.14. The highest BCUT2D eigenvalue weighted by atomic mass is 19.1. The summed E-state index contributed by atoms with van der Waals surface area (Å²) >= 11 is 0. The molecule has 0 atom stereocenters. The van der Waals surface area contributed by atoms with E-state index in [1.54, 1.807) is 18.2 Å². The summed E-state index contributed by atoms with van der Waals surface area (Å²) in [5.74, 6) is 0.611. The predicted octanol–water partition coefficient (Wildman–Crippen LogP) is 3.87. The lowest BCUT2D eigenvalue weighted by atomic mass is 9.89. The number of phenols is 1. The largest absolute Gasteiger partial charge is 0.508 e. The van der Waals surface area contributed by atoms with Crippen LogP contribution in [0.15, 0.2) is 48.5 Å². The first-order valence-electron chi connectivity index (χ1n) is 8.43. The van der Waals surface area contributed by atoms with Crippen LogP contribution in [0.2, 0.25) is 0 Å². The molecular formula is C20H22FNO2. The first-order chi connectivity index (χ1) is 11.6. The third kappa shape index (κ3) is 4.13. The Morgan fingerprint density at radius 1 is 1.12 bits per heavy atom. The van der Waals surface area contributed by atoms with Crippen molar-refractivity contribution in [2.75, 3.05) is 13.1 Å². The number of carbonyl (C=O) groups is 1. The average Bonchev–Trinajstić information content (AvgIpc) is 2.61. The number of halogens is 1. The summed E-state index contributed by atoms with van der Waals surface area (Å²) in [5.41, 5.74) is 2.09. The SMILES string of the molecule is O=C(CCc1cccc(F)c1)N1CCC(c2ccc(O)cc2)CC1. The number of benzene rings is 2. The standard InChI is InChI=1S/C20H22FNO2/c21-18-3-1-2-15(14-18)4-9-20(24)22-12-10-17(11-13-22)16-5-7-19(23)8-6-16/h1-3,5-8,14,17,23H,4,9-13H2. The molecule has 0 bridgehead atoms. The maximum atomic E-state index is 13.2. The zero-order valence-corrected chi connectivity index (χ0v) is 13.6. The molecule has 2 aromatic carbocycles. The van der Waals surface area contributed by atoms with E-state index in [2.05, 4.69) is 0 Å². The number of carbonyl (C=O) groups excluding carboxylic acids is 1. The van der Waals surface area contributed by atoms with Crippen LogP contribution in [0.4, 0.5) is 4.39 Å². The van der Waals surface area contributed by atoms with Gasteiger partial charge in [-0.3, -0.25) is 4.79 Å². The number of phenolic OH excluding ortho intramolecular Hbond substituents is 1. The van der Waals surface area contributed by atoms with Crippen molar-refractivity contribution in [3.05, 3.63) is 65.5 Å². The summed E-state index contributed by atoms with van der Waals surface area (Å²) < 4.78 is 13.2. The van der Waals surface area contributed by atoms with E-state index in [1.807, 2.05) is 23.1 Å². The molecule has 1 fully saturated rings. The normalized spacial score (nSPS) is 15.5. The van der Waals surface area contributed by atoms with Crippen molar-refractivity contribution in [2.45, 2.75) is 31.6 Å². The molecule has 24 heavy (non-hydrogen) atoms. The molecule has 3 rings (SSSR count). The maximum Gasteiger partial charge on any atom is 0.222 e. The van der Waals surface area contributed by atoms with Crippen LogP contribution in [0.3, 0.4) is 0 Å². The molecule has 3 nitrogen and oxygen atoms in total. The van der Waals surface area contributed by atoms with Crippen LogP contribution in [0.5, 0.6) is 5.75 Å². The molecule has 1 N–H and O–H groups in total. The lowest BCUT2D eigenvalue weighted by Gasteiger charge is -2.32. The van der Waals surface area contributed by atoms with Crippen LogP contribution >= 0.6 is 0 Å². The van der Waals surface area contributed by atoms with Gasteiger partial charge in [-0.25, -0.2) is 4.39 Å². The zero-order chi connectivity index (χ0) is 16.9. The number of nitrogens with zero attached hydrogens (tertiary/aromatic N) is 1. The Balaban J connectivity index is 1.49. The van der Waals surface area contributed by atoms with Gasteiger partial charge in [-0.1, -0.05) is 24.3 Å². The minimum Gasteiger partial charge on any atom is -0.508 e. The van der Waals surface area contributed by atoms with Gasteiger partial charge < -0.3 is 10.0 Å². The molecule has 1 aliphatic heterocycles. The van der Waals surface area contributed by atoms with E-state index in [1.165, 1.54) is 17.7 Å². The Bertz CT molecular complexity index is 691. The summed E-state index contributed by atoms with van der Waals surface area (Å²) in [6.07, 6.45) is 2.88. The third-order valence-electron chi connectivity index (χ3n) is 4.73. The number of amides is 1. The number of hydrogen-bond donors (Lipinski definition) is 1. The molecule has 1 aliphatic rings. The van der Waals surface area contributed by atoms with Gasteiger partial charge in [-0.05, 0) is 60.6 Å². The second-order valence-corrected chi connectivity index (χ2v) is 6.38. The minimum atomic E-state index is -0.255. The fraction of sp³-hybridized carbons (Fsp3) is 0.350. The topological polar surface area (TPSA) is 40.5 Å². The van der Waals surface area contributed by atoms with Crippen molar-refractivity contribution in [3.63, 3.8) is 0 Å². The quantitative estimate of drug-likeness (QED) is 0.926. The van der Waals surface area contributed by atoms with Gasteiger partial charge in [0.25, 0.3) is 0 Å². The third-order valence-corrected chi connectivity index (χ3v) is 4.73. The van der Waals surface area contributed by atoms with Gasteiger partial charge in [0.15, 0.2) is 0 Å². The number of aryl methyl sites for hydroxylation is 1. The molecule has 0 unspecified atom stereocenters. The molecule has 126 valence electrons. The Morgan fingerprint density at radius 3 is 2.50 bits per heavy atom. The van der Waals surface area contributed by atoms with E-state index < -0.39 is 0 Å². The number of aromatic hydroxyl groups is 1. The first kappa shape index (κ1) is 16.5. The van der Waals surface area contributed by atoms with E-state index in [0.717, 1.165) is 31.5 Å². The highest BCUT2D eigenvalue weighted by Crippen LogP contribution is 2.29. The molecule has 0 spiro atoms. The summed E-state index contributed by atoms with van der Waals surface area (Å²) in [7, 11) is 0. The monoisotopic (exact) mass is 327 g/mol. The van der Waals surface area contributed by atoms with Crippen molar-refractivity contribution in [3.8, 4) is 5.75 Å². The van der Waals surface area contributed by atoms with Crippen molar-refractivity contribution in [1.82, 2.24) is 4.90 Å². The van der Waals surface area contributed by atoms with Gasteiger partial charge in [-0.15, -0.1) is 0 Å². The van der Waals surface area contributed by atoms with E-state index in [9.17, 15) is 14.3 Å². The van der Waals surface area contributed by atoms with E-state index >= 15 is 0 Å². The minimum absolute atomic E-state index is 0.142. The van der Waals surface area contributed by atoms with Gasteiger partial charge >= 0.3 is 0 Å². The molecule has 0 aliphatic carbocycles. The highest BCUT2D eigenvalue weighted by Gasteiger charge is 2.23. The van der Waals surface area contributed by atoms with Crippen LogP contribution in [0.1, 0.15) is 36.3 Å². The Labute approximate surface area is 141 Å². The predicted molar refractivity (Wildman–Crippen MR) is 91.4 cm³/mol. The first-order valence-corrected chi connectivity index (χ1v) is 8.43. The van der Waals surface area contributed by atoms with E-state index in [0.29, 0.717) is 18.8 Å². The zero-order valence-electron chi connectivity index (χ0n) is 13.6. The van der Waals surface area contributed by atoms with Crippen molar-refractivity contribution < 1.29 is 14.3 Å². The average molecular weight is 327 g/mol. The van der Waals surface area contributed by atoms with E-state index in [4.69, 9.17) is 0 Å². The van der Waals surface area contributed by atoms with Crippen LogP contribution in [0, 0.1) is 5.82 Å². The van der Waals surface area contributed by atoms with Gasteiger partial charge in [0.2, 0.25) is 5.91 Å². The maximum absolute atomic E-state index is 13.2. The Morgan fingerprint density at radius 2 is 1.83 bits per heavy atom. The second-order valence-electron chi connectivity index (χ2n) is 6.38. The van der Waals surface area contributed by atoms with Crippen molar-refractivity contribution >= 4 is 5.91 Å². The summed E-state index contributed by atoms with van der Waals surface area (Å²) in [6.45, 7) is 1.51. The van der Waals surface area contributed by atoms with Gasteiger partial charge in [0, 0.05) is 19.5 Å².